The van der Waals surface area contributed by atoms with Gasteiger partial charge in [-0.05, 0) is 66.7 Å². The lowest BCUT2D eigenvalue weighted by atomic mass is 9.68. The van der Waals surface area contributed by atoms with Crippen LogP contribution in [-0.2, 0) is 6.42 Å². The second-order valence-corrected chi connectivity index (χ2v) is 7.68. The first kappa shape index (κ1) is 14.1. The zero-order chi connectivity index (χ0) is 14.4. The highest BCUT2D eigenvalue weighted by Gasteiger charge is 2.58. The fourth-order valence-electron chi connectivity index (χ4n) is 4.82. The molecular weight excluding hydrogens is 249 g/mol. The van der Waals surface area contributed by atoms with Gasteiger partial charge in [-0.15, -0.1) is 0 Å². The monoisotopic (exact) mass is 275 g/mol. The third-order valence-corrected chi connectivity index (χ3v) is 5.95. The molecule has 1 unspecified atom stereocenters. The van der Waals surface area contributed by atoms with Crippen LogP contribution in [0.1, 0.15) is 45.6 Å². The Bertz CT molecular complexity index is 474. The highest BCUT2D eigenvalue weighted by molar-refractivity contribution is 5.17. The Morgan fingerprint density at radius 3 is 2.50 bits per heavy atom. The van der Waals surface area contributed by atoms with Gasteiger partial charge in [-0.3, -0.25) is 0 Å². The normalized spacial score (nSPS) is 34.6. The van der Waals surface area contributed by atoms with E-state index < -0.39 is 0 Å². The summed E-state index contributed by atoms with van der Waals surface area (Å²) in [6.07, 6.45) is 5.14. The predicted octanol–water partition coefficient (Wildman–Crippen LogP) is 4.17. The summed E-state index contributed by atoms with van der Waals surface area (Å²) in [5.74, 6) is 0.735. The summed E-state index contributed by atoms with van der Waals surface area (Å²) in [4.78, 5) is 0. The first-order valence-corrected chi connectivity index (χ1v) is 7.90. The zero-order valence-corrected chi connectivity index (χ0v) is 12.9. The fraction of sp³-hybridized carbons (Fsp3) is 0.667. The van der Waals surface area contributed by atoms with Crippen LogP contribution in [-0.4, -0.2) is 12.6 Å². The lowest BCUT2D eigenvalue weighted by Gasteiger charge is -2.43. The maximum Gasteiger partial charge on any atom is 0.123 e. The molecule has 0 amide bonds. The first-order chi connectivity index (χ1) is 9.42. The minimum atomic E-state index is -0.150. The molecule has 2 saturated carbocycles. The molecular formula is C18H26FN. The molecule has 0 aliphatic heterocycles. The highest BCUT2D eigenvalue weighted by Crippen LogP contribution is 2.62. The molecule has 2 heteroatoms. The number of rotatable bonds is 4. The highest BCUT2D eigenvalue weighted by atomic mass is 19.1. The van der Waals surface area contributed by atoms with Gasteiger partial charge in [0.2, 0.25) is 0 Å². The van der Waals surface area contributed by atoms with E-state index in [9.17, 15) is 4.39 Å². The van der Waals surface area contributed by atoms with Crippen LogP contribution < -0.4 is 5.32 Å². The Balaban J connectivity index is 1.60. The number of hydrogen-bond acceptors (Lipinski definition) is 1. The number of hydrogen-bond donors (Lipinski definition) is 1. The Hall–Kier alpha value is -0.890. The van der Waals surface area contributed by atoms with Crippen LogP contribution >= 0.6 is 0 Å². The first-order valence-electron chi connectivity index (χ1n) is 7.90. The molecule has 1 nitrogen and oxygen atoms in total. The summed E-state index contributed by atoms with van der Waals surface area (Å²) in [7, 11) is 0. The molecule has 2 fully saturated rings. The molecule has 3 atom stereocenters. The van der Waals surface area contributed by atoms with Gasteiger partial charge < -0.3 is 5.32 Å². The Labute approximate surface area is 122 Å². The van der Waals surface area contributed by atoms with Crippen molar-refractivity contribution in [3.63, 3.8) is 0 Å². The van der Waals surface area contributed by atoms with E-state index in [2.05, 4.69) is 26.1 Å². The van der Waals surface area contributed by atoms with E-state index in [-0.39, 0.29) is 5.82 Å². The van der Waals surface area contributed by atoms with Crippen LogP contribution in [0.5, 0.6) is 0 Å². The molecule has 2 aliphatic carbocycles. The summed E-state index contributed by atoms with van der Waals surface area (Å²) in [5, 5.41) is 3.81. The van der Waals surface area contributed by atoms with E-state index in [0.29, 0.717) is 16.9 Å². The van der Waals surface area contributed by atoms with Crippen molar-refractivity contribution in [1.82, 2.24) is 5.32 Å². The molecule has 1 N–H and O–H groups in total. The summed E-state index contributed by atoms with van der Waals surface area (Å²) in [6, 6.07) is 7.51. The van der Waals surface area contributed by atoms with Crippen molar-refractivity contribution in [2.75, 3.05) is 6.54 Å². The smallest absolute Gasteiger partial charge is 0.123 e. The lowest BCUT2D eigenvalue weighted by Crippen LogP contribution is -2.50. The molecule has 110 valence electrons. The average molecular weight is 275 g/mol. The standard InChI is InChI=1S/C18H26FN/c1-17(2)14-8-10-18(3,12-14)16(17)20-11-9-13-4-6-15(19)7-5-13/h4-7,14,16,20H,8-12H2,1-3H3/t14-,16?,18+/m0/s1. The maximum atomic E-state index is 12.9. The number of nitrogens with one attached hydrogen (secondary N) is 1. The minimum absolute atomic E-state index is 0.150. The van der Waals surface area contributed by atoms with E-state index in [1.807, 2.05) is 12.1 Å². The van der Waals surface area contributed by atoms with Crippen molar-refractivity contribution >= 4 is 0 Å². The van der Waals surface area contributed by atoms with Gasteiger partial charge in [-0.25, -0.2) is 4.39 Å². The van der Waals surface area contributed by atoms with Crippen LogP contribution in [0.4, 0.5) is 4.39 Å². The van der Waals surface area contributed by atoms with E-state index in [1.54, 1.807) is 12.1 Å². The topological polar surface area (TPSA) is 12.0 Å². The van der Waals surface area contributed by atoms with Gasteiger partial charge in [0.05, 0.1) is 0 Å². The molecule has 0 heterocycles. The molecule has 3 rings (SSSR count). The molecule has 1 aromatic rings. The molecule has 0 saturated heterocycles. The molecule has 2 aliphatic rings. The molecule has 0 aromatic heterocycles. The van der Waals surface area contributed by atoms with Crippen LogP contribution in [0.2, 0.25) is 0 Å². The Morgan fingerprint density at radius 2 is 1.90 bits per heavy atom. The van der Waals surface area contributed by atoms with Crippen LogP contribution in [0.15, 0.2) is 24.3 Å². The van der Waals surface area contributed by atoms with Gasteiger partial charge >= 0.3 is 0 Å². The fourth-order valence-corrected chi connectivity index (χ4v) is 4.82. The molecule has 20 heavy (non-hydrogen) atoms. The summed E-state index contributed by atoms with van der Waals surface area (Å²) >= 11 is 0. The van der Waals surface area contributed by atoms with E-state index in [0.717, 1.165) is 18.9 Å². The average Bonchev–Trinajstić information content (AvgIpc) is 2.87. The molecule has 2 bridgehead atoms. The van der Waals surface area contributed by atoms with Gasteiger partial charge in [0.25, 0.3) is 0 Å². The molecule has 1 aromatic carbocycles. The van der Waals surface area contributed by atoms with Crippen molar-refractivity contribution in [1.29, 1.82) is 0 Å². The zero-order valence-electron chi connectivity index (χ0n) is 12.9. The van der Waals surface area contributed by atoms with Crippen LogP contribution in [0, 0.1) is 22.6 Å². The summed E-state index contributed by atoms with van der Waals surface area (Å²) in [5.41, 5.74) is 2.11. The number of halogens is 1. The van der Waals surface area contributed by atoms with Crippen molar-refractivity contribution in [2.45, 2.75) is 52.5 Å². The molecule has 0 radical (unpaired) electrons. The minimum Gasteiger partial charge on any atom is -0.313 e. The van der Waals surface area contributed by atoms with E-state index >= 15 is 0 Å². The van der Waals surface area contributed by atoms with Gasteiger partial charge in [-0.1, -0.05) is 32.9 Å². The SMILES string of the molecule is CC1(C)C(NCCc2ccc(F)cc2)[C@]2(C)CC[C@H]1C2. The quantitative estimate of drug-likeness (QED) is 0.869. The van der Waals surface area contributed by atoms with Crippen molar-refractivity contribution in [3.8, 4) is 0 Å². The Morgan fingerprint density at radius 1 is 1.20 bits per heavy atom. The second-order valence-electron chi connectivity index (χ2n) is 7.68. The van der Waals surface area contributed by atoms with E-state index in [1.165, 1.54) is 24.8 Å². The molecule has 0 spiro atoms. The largest absolute Gasteiger partial charge is 0.313 e. The second kappa shape index (κ2) is 4.84. The van der Waals surface area contributed by atoms with Crippen molar-refractivity contribution in [2.24, 2.45) is 16.7 Å². The summed E-state index contributed by atoms with van der Waals surface area (Å²) in [6.45, 7) is 8.30. The van der Waals surface area contributed by atoms with Gasteiger partial charge in [0.15, 0.2) is 0 Å². The van der Waals surface area contributed by atoms with Crippen molar-refractivity contribution in [3.05, 3.63) is 35.6 Å². The van der Waals surface area contributed by atoms with Gasteiger partial charge in [0.1, 0.15) is 5.82 Å². The van der Waals surface area contributed by atoms with Gasteiger partial charge in [0, 0.05) is 6.04 Å². The number of fused-ring (bicyclic) bond motifs is 2. The summed E-state index contributed by atoms with van der Waals surface area (Å²) < 4.78 is 12.9. The maximum absolute atomic E-state index is 12.9. The third kappa shape index (κ3) is 2.28. The number of benzene rings is 1. The van der Waals surface area contributed by atoms with Crippen LogP contribution in [0.25, 0.3) is 0 Å². The van der Waals surface area contributed by atoms with Gasteiger partial charge in [-0.2, -0.15) is 0 Å². The van der Waals surface area contributed by atoms with E-state index in [4.69, 9.17) is 0 Å². The Kier molecular flexibility index (Phi) is 3.40. The van der Waals surface area contributed by atoms with Crippen molar-refractivity contribution < 1.29 is 4.39 Å². The third-order valence-electron chi connectivity index (χ3n) is 5.95. The predicted molar refractivity (Wildman–Crippen MR) is 81.1 cm³/mol. The lowest BCUT2D eigenvalue weighted by molar-refractivity contribution is 0.110. The van der Waals surface area contributed by atoms with Crippen LogP contribution in [0.3, 0.4) is 0 Å².